The summed E-state index contributed by atoms with van der Waals surface area (Å²) in [5.74, 6) is 0.912. The van der Waals surface area contributed by atoms with Crippen molar-refractivity contribution in [3.8, 4) is 0 Å². The molecule has 5 nitrogen and oxygen atoms in total. The van der Waals surface area contributed by atoms with Gasteiger partial charge < -0.3 is 20.3 Å². The van der Waals surface area contributed by atoms with Gasteiger partial charge in [-0.3, -0.25) is 4.99 Å². The zero-order valence-electron chi connectivity index (χ0n) is 13.6. The number of halogens is 1. The molecule has 2 saturated heterocycles. The lowest BCUT2D eigenvalue weighted by atomic mass is 9.96. The van der Waals surface area contributed by atoms with E-state index in [0.29, 0.717) is 18.2 Å². The summed E-state index contributed by atoms with van der Waals surface area (Å²) in [7, 11) is 4.02. The lowest BCUT2D eigenvalue weighted by Gasteiger charge is -2.23. The van der Waals surface area contributed by atoms with Crippen molar-refractivity contribution in [1.82, 2.24) is 15.5 Å². The second kappa shape index (κ2) is 9.84. The Balaban J connectivity index is 0.00000220. The maximum absolute atomic E-state index is 5.86. The lowest BCUT2D eigenvalue weighted by Crippen LogP contribution is -2.48. The number of aliphatic imine (C=N–C) groups is 1. The normalized spacial score (nSPS) is 27.8. The van der Waals surface area contributed by atoms with Crippen molar-refractivity contribution in [2.75, 3.05) is 33.7 Å². The number of ether oxygens (including phenoxy) is 1. The van der Waals surface area contributed by atoms with E-state index in [1.807, 2.05) is 7.05 Å². The van der Waals surface area contributed by atoms with Crippen LogP contribution < -0.4 is 10.6 Å². The van der Waals surface area contributed by atoms with E-state index in [1.165, 1.54) is 32.2 Å². The highest BCUT2D eigenvalue weighted by Gasteiger charge is 2.41. The van der Waals surface area contributed by atoms with Crippen LogP contribution in [0.25, 0.3) is 0 Å². The molecule has 21 heavy (non-hydrogen) atoms. The van der Waals surface area contributed by atoms with Gasteiger partial charge in [-0.05, 0) is 39.3 Å². The van der Waals surface area contributed by atoms with E-state index in [2.05, 4.69) is 34.5 Å². The number of hydrogen-bond acceptors (Lipinski definition) is 3. The fraction of sp³-hybridized carbons (Fsp3) is 0.933. The molecular weight excluding hydrogens is 379 g/mol. The molecule has 6 heteroatoms. The second-order valence-corrected chi connectivity index (χ2v) is 6.02. The highest BCUT2D eigenvalue weighted by atomic mass is 127. The quantitative estimate of drug-likeness (QED) is 0.382. The number of rotatable bonds is 7. The standard InChI is InChI=1S/C15H30N4O.HI/c1-4-5-9-19(3)10-8-17-15(16-2)18-13-11-12-6-7-14(13)20-12;/h12-14H,4-11H2,1-3H3,(H2,16,17,18);1H. The molecule has 3 unspecified atom stereocenters. The van der Waals surface area contributed by atoms with E-state index in [4.69, 9.17) is 4.74 Å². The molecule has 0 radical (unpaired) electrons. The van der Waals surface area contributed by atoms with Crippen LogP contribution in [-0.4, -0.2) is 62.8 Å². The topological polar surface area (TPSA) is 48.9 Å². The molecule has 2 heterocycles. The van der Waals surface area contributed by atoms with Crippen LogP contribution in [0.4, 0.5) is 0 Å². The summed E-state index contributed by atoms with van der Waals surface area (Å²) in [6, 6.07) is 0.442. The number of fused-ring (bicyclic) bond motifs is 2. The molecule has 2 aliphatic heterocycles. The van der Waals surface area contributed by atoms with E-state index < -0.39 is 0 Å². The van der Waals surface area contributed by atoms with E-state index >= 15 is 0 Å². The van der Waals surface area contributed by atoms with Crippen LogP contribution in [0.3, 0.4) is 0 Å². The molecule has 0 aromatic heterocycles. The minimum atomic E-state index is 0. The van der Waals surface area contributed by atoms with Crippen LogP contribution in [0.15, 0.2) is 4.99 Å². The largest absolute Gasteiger partial charge is 0.373 e. The van der Waals surface area contributed by atoms with Crippen LogP contribution in [0.1, 0.15) is 39.0 Å². The molecule has 124 valence electrons. The second-order valence-electron chi connectivity index (χ2n) is 6.02. The van der Waals surface area contributed by atoms with Gasteiger partial charge >= 0.3 is 0 Å². The summed E-state index contributed by atoms with van der Waals surface area (Å²) in [6.45, 7) is 5.38. The van der Waals surface area contributed by atoms with Crippen molar-refractivity contribution in [3.63, 3.8) is 0 Å². The SMILES string of the molecule is CCCCN(C)CCNC(=NC)NC1CC2CCC1O2.I. The van der Waals surface area contributed by atoms with Crippen LogP contribution >= 0.6 is 24.0 Å². The number of likely N-dealkylation sites (N-methyl/N-ethyl adjacent to an activating group) is 1. The van der Waals surface area contributed by atoms with Crippen LogP contribution in [0.5, 0.6) is 0 Å². The molecule has 3 atom stereocenters. The summed E-state index contributed by atoms with van der Waals surface area (Å²) in [5.41, 5.74) is 0. The van der Waals surface area contributed by atoms with Gasteiger partial charge in [-0.2, -0.15) is 0 Å². The van der Waals surface area contributed by atoms with Crippen molar-refractivity contribution in [3.05, 3.63) is 0 Å². The smallest absolute Gasteiger partial charge is 0.191 e. The van der Waals surface area contributed by atoms with Crippen molar-refractivity contribution >= 4 is 29.9 Å². The van der Waals surface area contributed by atoms with Crippen LogP contribution in [0, 0.1) is 0 Å². The molecule has 0 aromatic rings. The molecule has 2 bridgehead atoms. The Labute approximate surface area is 146 Å². The van der Waals surface area contributed by atoms with Crippen molar-refractivity contribution in [2.45, 2.75) is 57.3 Å². The van der Waals surface area contributed by atoms with Crippen LogP contribution in [-0.2, 0) is 4.74 Å². The van der Waals surface area contributed by atoms with E-state index in [0.717, 1.165) is 25.5 Å². The minimum Gasteiger partial charge on any atom is -0.373 e. The van der Waals surface area contributed by atoms with Gasteiger partial charge in [0, 0.05) is 20.1 Å². The lowest BCUT2D eigenvalue weighted by molar-refractivity contribution is 0.0992. The van der Waals surface area contributed by atoms with E-state index in [-0.39, 0.29) is 24.0 Å². The number of nitrogens with one attached hydrogen (secondary N) is 2. The maximum atomic E-state index is 5.86. The molecule has 0 amide bonds. The third-order valence-corrected chi connectivity index (χ3v) is 4.33. The average molecular weight is 410 g/mol. The average Bonchev–Trinajstić information content (AvgIpc) is 3.06. The van der Waals surface area contributed by atoms with Crippen molar-refractivity contribution in [1.29, 1.82) is 0 Å². The highest BCUT2D eigenvalue weighted by molar-refractivity contribution is 14.0. The Morgan fingerprint density at radius 3 is 2.71 bits per heavy atom. The van der Waals surface area contributed by atoms with E-state index in [9.17, 15) is 0 Å². The Kier molecular flexibility index (Phi) is 8.89. The number of nitrogens with zero attached hydrogens (tertiary/aromatic N) is 2. The molecule has 0 spiro atoms. The van der Waals surface area contributed by atoms with Crippen molar-refractivity contribution < 1.29 is 4.74 Å². The molecule has 0 aromatic carbocycles. The summed E-state index contributed by atoms with van der Waals surface area (Å²) in [6.07, 6.45) is 6.95. The van der Waals surface area contributed by atoms with Gasteiger partial charge in [0.25, 0.3) is 0 Å². The van der Waals surface area contributed by atoms with Crippen LogP contribution in [0.2, 0.25) is 0 Å². The highest BCUT2D eigenvalue weighted by Crippen LogP contribution is 2.34. The summed E-state index contributed by atoms with van der Waals surface area (Å²) in [5, 5.41) is 6.91. The van der Waals surface area contributed by atoms with Gasteiger partial charge in [-0.15, -0.1) is 24.0 Å². The van der Waals surface area contributed by atoms with Gasteiger partial charge in [0.1, 0.15) is 0 Å². The molecule has 2 rings (SSSR count). The maximum Gasteiger partial charge on any atom is 0.191 e. The van der Waals surface area contributed by atoms with Crippen molar-refractivity contribution in [2.24, 2.45) is 4.99 Å². The fourth-order valence-corrected chi connectivity index (χ4v) is 3.06. The molecule has 0 saturated carbocycles. The monoisotopic (exact) mass is 410 g/mol. The van der Waals surface area contributed by atoms with Gasteiger partial charge in [-0.25, -0.2) is 0 Å². The van der Waals surface area contributed by atoms with Gasteiger partial charge in [-0.1, -0.05) is 13.3 Å². The van der Waals surface area contributed by atoms with Gasteiger partial charge in [0.15, 0.2) is 5.96 Å². The molecule has 2 N–H and O–H groups in total. The first kappa shape index (κ1) is 19.0. The Hall–Kier alpha value is -0.0800. The first-order valence-corrected chi connectivity index (χ1v) is 8.04. The predicted molar refractivity (Wildman–Crippen MR) is 98.6 cm³/mol. The molecule has 2 fully saturated rings. The molecular formula is C15H31IN4O. The third-order valence-electron chi connectivity index (χ3n) is 4.33. The summed E-state index contributed by atoms with van der Waals surface area (Å²) < 4.78 is 5.86. The van der Waals surface area contributed by atoms with Gasteiger partial charge in [0.05, 0.1) is 18.2 Å². The third kappa shape index (κ3) is 5.90. The van der Waals surface area contributed by atoms with Gasteiger partial charge in [0.2, 0.25) is 0 Å². The Morgan fingerprint density at radius 1 is 1.33 bits per heavy atom. The fourth-order valence-electron chi connectivity index (χ4n) is 3.06. The van der Waals surface area contributed by atoms with E-state index in [1.54, 1.807) is 0 Å². The Bertz CT molecular complexity index is 327. The number of guanidine groups is 1. The summed E-state index contributed by atoms with van der Waals surface area (Å²) in [4.78, 5) is 6.68. The first-order chi connectivity index (χ1) is 9.72. The summed E-state index contributed by atoms with van der Waals surface area (Å²) >= 11 is 0. The first-order valence-electron chi connectivity index (χ1n) is 8.04. The zero-order chi connectivity index (χ0) is 14.4. The predicted octanol–water partition coefficient (Wildman–Crippen LogP) is 1.82. The molecule has 0 aliphatic carbocycles. The number of hydrogen-bond donors (Lipinski definition) is 2. The minimum absolute atomic E-state index is 0. The molecule has 2 aliphatic rings. The number of unbranched alkanes of at least 4 members (excludes halogenated alkanes) is 1. The Morgan fingerprint density at radius 2 is 2.14 bits per heavy atom. The zero-order valence-corrected chi connectivity index (χ0v) is 15.9.